The van der Waals surface area contributed by atoms with E-state index in [0.29, 0.717) is 5.69 Å². The smallest absolute Gasteiger partial charge is 0.245 e. The lowest BCUT2D eigenvalue weighted by atomic mass is 10.1. The maximum atomic E-state index is 12.4. The van der Waals surface area contributed by atoms with Gasteiger partial charge < -0.3 is 5.32 Å². The van der Waals surface area contributed by atoms with Crippen molar-refractivity contribution in [1.82, 2.24) is 4.98 Å². The molecule has 0 fully saturated rings. The molecule has 1 aromatic heterocycles. The maximum Gasteiger partial charge on any atom is 0.245 e. The van der Waals surface area contributed by atoms with Crippen molar-refractivity contribution >= 4 is 32.3 Å². The number of amides is 1. The standard InChI is InChI=1S/C16H20N2O3S/c1-11(2)22(20,21)16(3,4)15(19)18-13-9-12-7-5-6-8-14(12)17-10-13/h5-11H,1-4H3,(H,18,19). The second kappa shape index (κ2) is 5.68. The van der Waals surface area contributed by atoms with Crippen LogP contribution in [0.3, 0.4) is 0 Å². The molecule has 5 nitrogen and oxygen atoms in total. The lowest BCUT2D eigenvalue weighted by Gasteiger charge is -2.25. The largest absolute Gasteiger partial charge is 0.323 e. The van der Waals surface area contributed by atoms with Crippen LogP contribution in [0.1, 0.15) is 27.7 Å². The Morgan fingerprint density at radius 1 is 1.23 bits per heavy atom. The van der Waals surface area contributed by atoms with Crippen molar-refractivity contribution in [2.24, 2.45) is 0 Å². The predicted octanol–water partition coefficient (Wildman–Crippen LogP) is 2.78. The van der Waals surface area contributed by atoms with E-state index in [1.807, 2.05) is 24.3 Å². The minimum Gasteiger partial charge on any atom is -0.323 e. The number of fused-ring (bicyclic) bond motifs is 1. The van der Waals surface area contributed by atoms with Crippen molar-refractivity contribution < 1.29 is 13.2 Å². The molecule has 1 aromatic carbocycles. The summed E-state index contributed by atoms with van der Waals surface area (Å²) < 4.78 is 23.1. The number of para-hydroxylation sites is 1. The van der Waals surface area contributed by atoms with Gasteiger partial charge in [0.25, 0.3) is 0 Å². The van der Waals surface area contributed by atoms with E-state index in [1.165, 1.54) is 20.0 Å². The lowest BCUT2D eigenvalue weighted by Crippen LogP contribution is -2.47. The molecule has 6 heteroatoms. The molecule has 1 heterocycles. The Balaban J connectivity index is 2.30. The SMILES string of the molecule is CC(C)S(=O)(=O)C(C)(C)C(=O)Nc1cnc2ccccc2c1. The van der Waals surface area contributed by atoms with E-state index in [4.69, 9.17) is 0 Å². The number of carbonyl (C=O) groups excluding carboxylic acids is 1. The molecular weight excluding hydrogens is 300 g/mol. The summed E-state index contributed by atoms with van der Waals surface area (Å²) in [5, 5.41) is 2.91. The molecule has 0 bridgehead atoms. The van der Waals surface area contributed by atoms with E-state index in [9.17, 15) is 13.2 Å². The Morgan fingerprint density at radius 3 is 2.50 bits per heavy atom. The van der Waals surface area contributed by atoms with Gasteiger partial charge in [0.05, 0.1) is 22.7 Å². The molecule has 1 amide bonds. The molecule has 0 saturated carbocycles. The number of rotatable bonds is 4. The third kappa shape index (κ3) is 2.83. The summed E-state index contributed by atoms with van der Waals surface area (Å²) in [6, 6.07) is 9.29. The fourth-order valence-corrected chi connectivity index (χ4v) is 3.63. The van der Waals surface area contributed by atoms with Crippen LogP contribution in [0, 0.1) is 0 Å². The van der Waals surface area contributed by atoms with Crippen molar-refractivity contribution in [3.63, 3.8) is 0 Å². The first-order valence-electron chi connectivity index (χ1n) is 7.06. The molecule has 0 aliphatic rings. The molecule has 0 radical (unpaired) electrons. The molecule has 2 aromatic rings. The fourth-order valence-electron chi connectivity index (χ4n) is 2.14. The van der Waals surface area contributed by atoms with Gasteiger partial charge in [-0.25, -0.2) is 8.42 Å². The number of nitrogens with zero attached hydrogens (tertiary/aromatic N) is 1. The van der Waals surface area contributed by atoms with Gasteiger partial charge in [-0.05, 0) is 39.8 Å². The first-order valence-corrected chi connectivity index (χ1v) is 8.60. The second-order valence-corrected chi connectivity index (χ2v) is 9.03. The quantitative estimate of drug-likeness (QED) is 0.940. The van der Waals surface area contributed by atoms with Crippen LogP contribution in [0.25, 0.3) is 10.9 Å². The number of carbonyl (C=O) groups is 1. The fraction of sp³-hybridized carbons (Fsp3) is 0.375. The number of sulfone groups is 1. The van der Waals surface area contributed by atoms with Crippen LogP contribution in [-0.2, 0) is 14.6 Å². The Hall–Kier alpha value is -1.95. The van der Waals surface area contributed by atoms with E-state index >= 15 is 0 Å². The summed E-state index contributed by atoms with van der Waals surface area (Å²) in [6.07, 6.45) is 1.53. The van der Waals surface area contributed by atoms with Gasteiger partial charge in [0.2, 0.25) is 5.91 Å². The highest BCUT2D eigenvalue weighted by Gasteiger charge is 2.43. The third-order valence-electron chi connectivity index (χ3n) is 3.73. The molecule has 22 heavy (non-hydrogen) atoms. The summed E-state index contributed by atoms with van der Waals surface area (Å²) in [5.41, 5.74) is 1.30. The van der Waals surface area contributed by atoms with Crippen LogP contribution >= 0.6 is 0 Å². The van der Waals surface area contributed by atoms with E-state index in [2.05, 4.69) is 10.3 Å². The van der Waals surface area contributed by atoms with Crippen LogP contribution in [0.5, 0.6) is 0 Å². The van der Waals surface area contributed by atoms with E-state index in [0.717, 1.165) is 10.9 Å². The van der Waals surface area contributed by atoms with Crippen LogP contribution < -0.4 is 5.32 Å². The first-order chi connectivity index (χ1) is 10.2. The average Bonchev–Trinajstić information content (AvgIpc) is 2.46. The van der Waals surface area contributed by atoms with Crippen LogP contribution in [0.15, 0.2) is 36.5 Å². The van der Waals surface area contributed by atoms with Gasteiger partial charge in [-0.2, -0.15) is 0 Å². The Morgan fingerprint density at radius 2 is 1.86 bits per heavy atom. The molecule has 0 atom stereocenters. The number of nitrogens with one attached hydrogen (secondary N) is 1. The van der Waals surface area contributed by atoms with Gasteiger partial charge >= 0.3 is 0 Å². The minimum absolute atomic E-state index is 0.482. The molecule has 0 aliphatic heterocycles. The zero-order chi connectivity index (χ0) is 16.5. The second-order valence-electron chi connectivity index (χ2n) is 5.97. The third-order valence-corrected chi connectivity index (χ3v) is 6.58. The van der Waals surface area contributed by atoms with Crippen molar-refractivity contribution in [3.05, 3.63) is 36.5 Å². The van der Waals surface area contributed by atoms with Crippen LogP contribution in [0.2, 0.25) is 0 Å². The zero-order valence-electron chi connectivity index (χ0n) is 13.1. The number of hydrogen-bond acceptors (Lipinski definition) is 4. The van der Waals surface area contributed by atoms with Crippen molar-refractivity contribution in [2.75, 3.05) is 5.32 Å². The lowest BCUT2D eigenvalue weighted by molar-refractivity contribution is -0.117. The molecule has 118 valence electrons. The first kappa shape index (κ1) is 16.4. The zero-order valence-corrected chi connectivity index (χ0v) is 13.9. The maximum absolute atomic E-state index is 12.4. The molecule has 0 unspecified atom stereocenters. The molecule has 0 aliphatic carbocycles. The highest BCUT2D eigenvalue weighted by atomic mass is 32.2. The monoisotopic (exact) mass is 320 g/mol. The van der Waals surface area contributed by atoms with Crippen molar-refractivity contribution in [2.45, 2.75) is 37.7 Å². The summed E-state index contributed by atoms with van der Waals surface area (Å²) in [7, 11) is -3.57. The number of aromatic nitrogens is 1. The van der Waals surface area contributed by atoms with Gasteiger partial charge in [0.1, 0.15) is 4.75 Å². The molecular formula is C16H20N2O3S. The molecule has 1 N–H and O–H groups in total. The minimum atomic E-state index is -3.57. The summed E-state index contributed by atoms with van der Waals surface area (Å²) in [4.78, 5) is 16.7. The average molecular weight is 320 g/mol. The topological polar surface area (TPSA) is 76.1 Å². The molecule has 0 saturated heterocycles. The highest BCUT2D eigenvalue weighted by Crippen LogP contribution is 2.24. The summed E-state index contributed by atoms with van der Waals surface area (Å²) in [5.74, 6) is -0.557. The van der Waals surface area contributed by atoms with Gasteiger partial charge in [0, 0.05) is 5.39 Å². The number of pyridine rings is 1. The van der Waals surface area contributed by atoms with Gasteiger partial charge in [-0.3, -0.25) is 9.78 Å². The Labute approximate surface area is 130 Å². The van der Waals surface area contributed by atoms with Gasteiger partial charge in [-0.15, -0.1) is 0 Å². The van der Waals surface area contributed by atoms with E-state index in [1.54, 1.807) is 19.9 Å². The summed E-state index contributed by atoms with van der Waals surface area (Å²) in [6.45, 7) is 5.99. The predicted molar refractivity (Wildman–Crippen MR) is 88.5 cm³/mol. The van der Waals surface area contributed by atoms with E-state index in [-0.39, 0.29) is 0 Å². The normalized spacial score (nSPS) is 12.6. The van der Waals surface area contributed by atoms with Crippen molar-refractivity contribution in [1.29, 1.82) is 0 Å². The Bertz CT molecular complexity index is 811. The van der Waals surface area contributed by atoms with E-state index < -0.39 is 25.7 Å². The van der Waals surface area contributed by atoms with Crippen LogP contribution in [0.4, 0.5) is 5.69 Å². The highest BCUT2D eigenvalue weighted by molar-refractivity contribution is 7.94. The number of anilines is 1. The number of hydrogen-bond donors (Lipinski definition) is 1. The van der Waals surface area contributed by atoms with Crippen molar-refractivity contribution in [3.8, 4) is 0 Å². The summed E-state index contributed by atoms with van der Waals surface area (Å²) >= 11 is 0. The number of benzene rings is 1. The molecule has 0 spiro atoms. The Kier molecular flexibility index (Phi) is 4.24. The molecule has 2 rings (SSSR count). The van der Waals surface area contributed by atoms with Gasteiger partial charge in [0.15, 0.2) is 9.84 Å². The van der Waals surface area contributed by atoms with Gasteiger partial charge in [-0.1, -0.05) is 18.2 Å². The van der Waals surface area contributed by atoms with Crippen LogP contribution in [-0.4, -0.2) is 29.3 Å².